The number of hydrogen-bond donors (Lipinski definition) is 0. The fourth-order valence-electron chi connectivity index (χ4n) is 4.74. The standard InChI is InChI=1S/C33H43NO4S/c1-5-7-8-9-10-11-12-13-14-15-30(35)38-31-23-33(3,4)28-22-25(17-21-29(28)39-31)16-19-27-20-18-26(24-34-27)32(36)37-6-2/h17-18,20-22,24,31H,5-15,23H2,1-4H3. The van der Waals surface area contributed by atoms with E-state index in [1.165, 1.54) is 56.7 Å². The third-order valence-corrected chi connectivity index (χ3v) is 8.14. The smallest absolute Gasteiger partial charge is 0.339 e. The second-order valence-electron chi connectivity index (χ2n) is 10.8. The largest absolute Gasteiger partial charge is 0.462 e. The molecule has 1 aromatic heterocycles. The van der Waals surface area contributed by atoms with Gasteiger partial charge in [-0.05, 0) is 60.6 Å². The first-order valence-corrected chi connectivity index (χ1v) is 15.4. The Hall–Kier alpha value is -2.78. The summed E-state index contributed by atoms with van der Waals surface area (Å²) in [5.41, 5.74) is 2.82. The number of aromatic nitrogens is 1. The number of pyridine rings is 1. The normalized spacial score (nSPS) is 15.5. The Bertz CT molecular complexity index is 1150. The first-order chi connectivity index (χ1) is 18.8. The van der Waals surface area contributed by atoms with Crippen molar-refractivity contribution in [2.24, 2.45) is 0 Å². The van der Waals surface area contributed by atoms with Gasteiger partial charge < -0.3 is 9.47 Å². The lowest BCUT2D eigenvalue weighted by Crippen LogP contribution is -2.31. The number of unbranched alkanes of at least 4 members (excludes halogenated alkanes) is 8. The summed E-state index contributed by atoms with van der Waals surface area (Å²) in [5, 5.41) is 0. The maximum atomic E-state index is 12.5. The van der Waals surface area contributed by atoms with Gasteiger partial charge in [0.25, 0.3) is 0 Å². The molecule has 0 saturated carbocycles. The van der Waals surface area contributed by atoms with Gasteiger partial charge in [-0.25, -0.2) is 9.78 Å². The molecule has 1 aliphatic heterocycles. The van der Waals surface area contributed by atoms with E-state index in [1.54, 1.807) is 30.8 Å². The second kappa shape index (κ2) is 15.7. The van der Waals surface area contributed by atoms with Crippen molar-refractivity contribution in [3.63, 3.8) is 0 Å². The molecule has 0 fully saturated rings. The molecule has 0 saturated heterocycles. The Balaban J connectivity index is 1.50. The molecule has 1 atom stereocenters. The van der Waals surface area contributed by atoms with Gasteiger partial charge in [0, 0.05) is 29.5 Å². The Morgan fingerprint density at radius 3 is 2.36 bits per heavy atom. The van der Waals surface area contributed by atoms with Crippen molar-refractivity contribution in [1.29, 1.82) is 0 Å². The van der Waals surface area contributed by atoms with Crippen molar-refractivity contribution in [2.75, 3.05) is 6.61 Å². The number of fused-ring (bicyclic) bond motifs is 1. The number of ether oxygens (including phenoxy) is 2. The predicted molar refractivity (Wildman–Crippen MR) is 158 cm³/mol. The fraction of sp³-hybridized carbons (Fsp3) is 0.545. The van der Waals surface area contributed by atoms with E-state index in [9.17, 15) is 9.59 Å². The highest BCUT2D eigenvalue weighted by Gasteiger charge is 2.35. The number of rotatable bonds is 13. The van der Waals surface area contributed by atoms with Crippen LogP contribution >= 0.6 is 11.8 Å². The quantitative estimate of drug-likeness (QED) is 0.142. The van der Waals surface area contributed by atoms with Gasteiger partial charge in [-0.1, -0.05) is 89.8 Å². The maximum Gasteiger partial charge on any atom is 0.339 e. The molecule has 1 unspecified atom stereocenters. The number of nitrogens with zero attached hydrogens (tertiary/aromatic N) is 1. The summed E-state index contributed by atoms with van der Waals surface area (Å²) in [6.07, 6.45) is 13.9. The summed E-state index contributed by atoms with van der Waals surface area (Å²) >= 11 is 1.63. The highest BCUT2D eigenvalue weighted by Crippen LogP contribution is 2.46. The lowest BCUT2D eigenvalue weighted by molar-refractivity contribution is -0.145. The van der Waals surface area contributed by atoms with E-state index in [4.69, 9.17) is 9.47 Å². The molecule has 0 N–H and O–H groups in total. The van der Waals surface area contributed by atoms with E-state index in [0.29, 0.717) is 24.3 Å². The van der Waals surface area contributed by atoms with Crippen LogP contribution in [0.1, 0.15) is 126 Å². The van der Waals surface area contributed by atoms with E-state index < -0.39 is 0 Å². The van der Waals surface area contributed by atoms with Crippen molar-refractivity contribution in [3.05, 3.63) is 58.9 Å². The van der Waals surface area contributed by atoms with Gasteiger partial charge in [-0.15, -0.1) is 0 Å². The molecular weight excluding hydrogens is 506 g/mol. The lowest BCUT2D eigenvalue weighted by Gasteiger charge is -2.36. The number of carbonyl (C=O) groups is 2. The van der Waals surface area contributed by atoms with Gasteiger partial charge >= 0.3 is 11.9 Å². The van der Waals surface area contributed by atoms with E-state index in [-0.39, 0.29) is 22.8 Å². The molecule has 1 aliphatic rings. The summed E-state index contributed by atoms with van der Waals surface area (Å²) in [4.78, 5) is 29.7. The number of thioether (sulfide) groups is 1. The van der Waals surface area contributed by atoms with Crippen LogP contribution in [0.4, 0.5) is 0 Å². The monoisotopic (exact) mass is 549 g/mol. The maximum absolute atomic E-state index is 12.5. The Labute approximate surface area is 238 Å². The van der Waals surface area contributed by atoms with Gasteiger partial charge in [-0.3, -0.25) is 4.79 Å². The molecule has 0 amide bonds. The van der Waals surface area contributed by atoms with Crippen LogP contribution in [0, 0.1) is 11.8 Å². The summed E-state index contributed by atoms with van der Waals surface area (Å²) in [7, 11) is 0. The van der Waals surface area contributed by atoms with Crippen LogP contribution in [0.3, 0.4) is 0 Å². The molecule has 0 radical (unpaired) electrons. The molecule has 1 aromatic carbocycles. The van der Waals surface area contributed by atoms with Crippen LogP contribution in [0.2, 0.25) is 0 Å². The number of hydrogen-bond acceptors (Lipinski definition) is 6. The van der Waals surface area contributed by atoms with E-state index >= 15 is 0 Å². The van der Waals surface area contributed by atoms with Crippen molar-refractivity contribution in [3.8, 4) is 11.8 Å². The summed E-state index contributed by atoms with van der Waals surface area (Å²) in [6.45, 7) is 8.74. The summed E-state index contributed by atoms with van der Waals surface area (Å²) in [5.74, 6) is 5.81. The molecule has 6 heteroatoms. The van der Waals surface area contributed by atoms with Crippen molar-refractivity contribution < 1.29 is 19.1 Å². The molecule has 39 heavy (non-hydrogen) atoms. The minimum Gasteiger partial charge on any atom is -0.462 e. The van der Waals surface area contributed by atoms with Gasteiger partial charge in [-0.2, -0.15) is 0 Å². The molecule has 3 rings (SSSR count). The second-order valence-corrected chi connectivity index (χ2v) is 12.0. The third kappa shape index (κ3) is 10.0. The zero-order chi connectivity index (χ0) is 28.1. The first kappa shape index (κ1) is 30.8. The molecule has 0 aliphatic carbocycles. The molecule has 0 spiro atoms. The van der Waals surface area contributed by atoms with Crippen molar-refractivity contribution >= 4 is 23.7 Å². The van der Waals surface area contributed by atoms with E-state index in [1.807, 2.05) is 6.07 Å². The Morgan fingerprint density at radius 2 is 1.69 bits per heavy atom. The van der Waals surface area contributed by atoms with Crippen molar-refractivity contribution in [1.82, 2.24) is 4.98 Å². The topological polar surface area (TPSA) is 65.5 Å². The average molecular weight is 550 g/mol. The number of carbonyl (C=O) groups excluding carboxylic acids is 2. The zero-order valence-corrected chi connectivity index (χ0v) is 24.8. The number of benzene rings is 1. The number of esters is 2. The predicted octanol–water partition coefficient (Wildman–Crippen LogP) is 8.22. The van der Waals surface area contributed by atoms with E-state index in [0.717, 1.165) is 29.7 Å². The van der Waals surface area contributed by atoms with Crippen LogP contribution in [0.15, 0.2) is 41.4 Å². The molecule has 210 valence electrons. The fourth-order valence-corrected chi connectivity index (χ4v) is 6.29. The van der Waals surface area contributed by atoms with Crippen LogP contribution in [-0.4, -0.2) is 29.0 Å². The molecule has 0 bridgehead atoms. The first-order valence-electron chi connectivity index (χ1n) is 14.5. The average Bonchev–Trinajstić information content (AvgIpc) is 2.91. The van der Waals surface area contributed by atoms with Gasteiger partial charge in [0.1, 0.15) is 5.69 Å². The summed E-state index contributed by atoms with van der Waals surface area (Å²) in [6, 6.07) is 9.60. The molecule has 2 aromatic rings. The van der Waals surface area contributed by atoms with Crippen molar-refractivity contribution in [2.45, 2.75) is 114 Å². The van der Waals surface area contributed by atoms with Crippen LogP contribution in [0.5, 0.6) is 0 Å². The lowest BCUT2D eigenvalue weighted by atomic mass is 9.80. The van der Waals surface area contributed by atoms with Gasteiger partial charge in [0.15, 0.2) is 5.44 Å². The minimum atomic E-state index is -0.383. The highest BCUT2D eigenvalue weighted by atomic mass is 32.2. The van der Waals surface area contributed by atoms with Gasteiger partial charge in [0.2, 0.25) is 0 Å². The molecular formula is C33H43NO4S. The van der Waals surface area contributed by atoms with Crippen LogP contribution < -0.4 is 0 Å². The minimum absolute atomic E-state index is 0.0846. The molecule has 2 heterocycles. The Morgan fingerprint density at radius 1 is 0.974 bits per heavy atom. The zero-order valence-electron chi connectivity index (χ0n) is 24.0. The van der Waals surface area contributed by atoms with Gasteiger partial charge in [0.05, 0.1) is 12.2 Å². The highest BCUT2D eigenvalue weighted by molar-refractivity contribution is 7.99. The Kier molecular flexibility index (Phi) is 12.4. The summed E-state index contributed by atoms with van der Waals surface area (Å²) < 4.78 is 10.9. The SMILES string of the molecule is CCCCCCCCCCCC(=O)OC1CC(C)(C)c2cc(C#Cc3ccc(C(=O)OCC)cn3)ccc2S1. The molecule has 5 nitrogen and oxygen atoms in total. The van der Waals surface area contributed by atoms with Crippen LogP contribution in [0.25, 0.3) is 0 Å². The van der Waals surface area contributed by atoms with E-state index in [2.05, 4.69) is 49.7 Å². The third-order valence-electron chi connectivity index (χ3n) is 7.00. The van der Waals surface area contributed by atoms with Crippen LogP contribution in [-0.2, 0) is 19.7 Å².